The summed E-state index contributed by atoms with van der Waals surface area (Å²) >= 11 is 0. The lowest BCUT2D eigenvalue weighted by Gasteiger charge is -2.08. The number of para-hydroxylation sites is 1. The molecule has 4 aromatic rings. The van der Waals surface area contributed by atoms with Crippen molar-refractivity contribution in [2.75, 3.05) is 5.32 Å². The zero-order chi connectivity index (χ0) is 19.3. The van der Waals surface area contributed by atoms with Crippen molar-refractivity contribution in [1.29, 1.82) is 0 Å². The molecule has 1 aromatic heterocycles. The first-order valence-electron chi connectivity index (χ1n) is 9.23. The van der Waals surface area contributed by atoms with Crippen LogP contribution < -0.4 is 10.1 Å². The van der Waals surface area contributed by atoms with Crippen LogP contribution >= 0.6 is 0 Å². The van der Waals surface area contributed by atoms with Crippen molar-refractivity contribution < 1.29 is 9.53 Å². The topological polar surface area (TPSA) is 56.2 Å². The predicted octanol–water partition coefficient (Wildman–Crippen LogP) is 5.17. The lowest BCUT2D eigenvalue weighted by atomic mass is 10.1. The van der Waals surface area contributed by atoms with Gasteiger partial charge < -0.3 is 10.1 Å². The fraction of sp³-hybridized carbons (Fsp3) is 0.130. The Labute approximate surface area is 163 Å². The largest absolute Gasteiger partial charge is 0.457 e. The molecule has 4 rings (SSSR count). The highest BCUT2D eigenvalue weighted by Crippen LogP contribution is 2.23. The molecule has 0 bridgehead atoms. The molecule has 0 atom stereocenters. The van der Waals surface area contributed by atoms with Gasteiger partial charge in [0, 0.05) is 17.5 Å². The number of aromatic nitrogens is 2. The maximum atomic E-state index is 12.3. The first-order valence-corrected chi connectivity index (χ1v) is 9.23. The quantitative estimate of drug-likeness (QED) is 0.509. The number of hydrogen-bond donors (Lipinski definition) is 1. The van der Waals surface area contributed by atoms with E-state index in [0.29, 0.717) is 13.0 Å². The van der Waals surface area contributed by atoms with Crippen LogP contribution in [0.5, 0.6) is 11.5 Å². The molecular formula is C23H21N3O2. The van der Waals surface area contributed by atoms with Gasteiger partial charge in [-0.3, -0.25) is 9.48 Å². The zero-order valence-electron chi connectivity index (χ0n) is 15.6. The van der Waals surface area contributed by atoms with Crippen LogP contribution in [0.4, 0.5) is 5.69 Å². The average Bonchev–Trinajstić information content (AvgIpc) is 3.13. The summed E-state index contributed by atoms with van der Waals surface area (Å²) in [5.41, 5.74) is 2.98. The summed E-state index contributed by atoms with van der Waals surface area (Å²) in [6.45, 7) is 2.60. The molecule has 28 heavy (non-hydrogen) atoms. The molecule has 1 heterocycles. The number of nitrogens with one attached hydrogen (secondary N) is 1. The molecule has 0 saturated heterocycles. The van der Waals surface area contributed by atoms with Gasteiger partial charge >= 0.3 is 0 Å². The Morgan fingerprint density at radius 3 is 2.50 bits per heavy atom. The number of aryl methyl sites for hydroxylation is 2. The van der Waals surface area contributed by atoms with Crippen molar-refractivity contribution in [3.63, 3.8) is 0 Å². The molecule has 0 aliphatic carbocycles. The van der Waals surface area contributed by atoms with Crippen molar-refractivity contribution in [3.05, 3.63) is 84.6 Å². The summed E-state index contributed by atoms with van der Waals surface area (Å²) in [6, 6.07) is 23.0. The van der Waals surface area contributed by atoms with E-state index < -0.39 is 0 Å². The number of ether oxygens (including phenoxy) is 1. The molecule has 0 aliphatic rings. The van der Waals surface area contributed by atoms with E-state index >= 15 is 0 Å². The van der Waals surface area contributed by atoms with Crippen LogP contribution in [-0.4, -0.2) is 15.7 Å². The molecule has 0 unspecified atom stereocenters. The second kappa shape index (κ2) is 7.96. The first-order chi connectivity index (χ1) is 13.7. The normalized spacial score (nSPS) is 10.8. The maximum Gasteiger partial charge on any atom is 0.226 e. The molecule has 1 amide bonds. The van der Waals surface area contributed by atoms with Crippen molar-refractivity contribution in [2.24, 2.45) is 0 Å². The third-order valence-electron chi connectivity index (χ3n) is 4.57. The van der Waals surface area contributed by atoms with Crippen molar-refractivity contribution in [1.82, 2.24) is 9.78 Å². The predicted molar refractivity (Wildman–Crippen MR) is 111 cm³/mol. The van der Waals surface area contributed by atoms with E-state index in [1.54, 1.807) is 0 Å². The Balaban J connectivity index is 1.34. The SMILES string of the molecule is Cc1cccc2c1cnn2CCC(=O)Nc1ccc(Oc2ccccc2)cc1. The summed E-state index contributed by atoms with van der Waals surface area (Å²) in [6.07, 6.45) is 2.21. The van der Waals surface area contributed by atoms with Crippen LogP contribution in [0.3, 0.4) is 0 Å². The van der Waals surface area contributed by atoms with Gasteiger partial charge in [0.25, 0.3) is 0 Å². The lowest BCUT2D eigenvalue weighted by molar-refractivity contribution is -0.116. The van der Waals surface area contributed by atoms with Crippen LogP contribution in [-0.2, 0) is 11.3 Å². The second-order valence-electron chi connectivity index (χ2n) is 6.61. The Kier molecular flexibility index (Phi) is 5.06. The highest BCUT2D eigenvalue weighted by molar-refractivity contribution is 5.91. The molecule has 140 valence electrons. The highest BCUT2D eigenvalue weighted by Gasteiger charge is 2.08. The van der Waals surface area contributed by atoms with E-state index in [0.717, 1.165) is 28.1 Å². The molecule has 3 aromatic carbocycles. The van der Waals surface area contributed by atoms with E-state index in [2.05, 4.69) is 23.4 Å². The standard InChI is InChI=1S/C23H21N3O2/c1-17-6-5-9-22-21(17)16-24-26(22)15-14-23(27)25-18-10-12-20(13-11-18)28-19-7-3-2-4-8-19/h2-13,16H,14-15H2,1H3,(H,25,27). The maximum absolute atomic E-state index is 12.3. The van der Waals surface area contributed by atoms with E-state index in [1.165, 1.54) is 5.56 Å². The Morgan fingerprint density at radius 2 is 1.71 bits per heavy atom. The molecule has 5 nitrogen and oxygen atoms in total. The van der Waals surface area contributed by atoms with Gasteiger partial charge in [-0.25, -0.2) is 0 Å². The van der Waals surface area contributed by atoms with Crippen LogP contribution in [0.25, 0.3) is 10.9 Å². The molecule has 5 heteroatoms. The van der Waals surface area contributed by atoms with Crippen molar-refractivity contribution in [3.8, 4) is 11.5 Å². The van der Waals surface area contributed by atoms with Crippen LogP contribution in [0.1, 0.15) is 12.0 Å². The highest BCUT2D eigenvalue weighted by atomic mass is 16.5. The number of rotatable bonds is 6. The average molecular weight is 371 g/mol. The Morgan fingerprint density at radius 1 is 0.964 bits per heavy atom. The first kappa shape index (κ1) is 17.8. The summed E-state index contributed by atoms with van der Waals surface area (Å²) in [5, 5.41) is 8.45. The summed E-state index contributed by atoms with van der Waals surface area (Å²) < 4.78 is 7.63. The minimum atomic E-state index is -0.0481. The van der Waals surface area contributed by atoms with Crippen molar-refractivity contribution >= 4 is 22.5 Å². The van der Waals surface area contributed by atoms with Gasteiger partial charge in [0.1, 0.15) is 11.5 Å². The number of hydrogen-bond acceptors (Lipinski definition) is 3. The van der Waals surface area contributed by atoms with Gasteiger partial charge in [-0.2, -0.15) is 5.10 Å². The van der Waals surface area contributed by atoms with E-state index in [1.807, 2.05) is 77.6 Å². The minimum absolute atomic E-state index is 0.0481. The van der Waals surface area contributed by atoms with Gasteiger partial charge in [0.15, 0.2) is 0 Å². The summed E-state index contributed by atoms with van der Waals surface area (Å²) in [5.74, 6) is 1.46. The monoisotopic (exact) mass is 371 g/mol. The fourth-order valence-corrected chi connectivity index (χ4v) is 3.09. The summed E-state index contributed by atoms with van der Waals surface area (Å²) in [7, 11) is 0. The van der Waals surface area contributed by atoms with Gasteiger partial charge in [-0.15, -0.1) is 0 Å². The second-order valence-corrected chi connectivity index (χ2v) is 6.61. The van der Waals surface area contributed by atoms with Crippen LogP contribution in [0.15, 0.2) is 79.0 Å². The molecule has 0 fully saturated rings. The molecule has 0 spiro atoms. The van der Waals surface area contributed by atoms with Crippen molar-refractivity contribution in [2.45, 2.75) is 19.9 Å². The number of fused-ring (bicyclic) bond motifs is 1. The molecular weight excluding hydrogens is 350 g/mol. The minimum Gasteiger partial charge on any atom is -0.457 e. The number of amides is 1. The van der Waals surface area contributed by atoms with Gasteiger partial charge in [0.05, 0.1) is 18.3 Å². The third-order valence-corrected chi connectivity index (χ3v) is 4.57. The van der Waals surface area contributed by atoms with E-state index in [-0.39, 0.29) is 5.91 Å². The number of carbonyl (C=O) groups is 1. The van der Waals surface area contributed by atoms with E-state index in [9.17, 15) is 4.79 Å². The molecule has 0 radical (unpaired) electrons. The Hall–Kier alpha value is -3.60. The number of carbonyl (C=O) groups excluding carboxylic acids is 1. The number of anilines is 1. The van der Waals surface area contributed by atoms with Gasteiger partial charge in [-0.05, 0) is 55.0 Å². The number of nitrogens with zero attached hydrogens (tertiary/aromatic N) is 2. The lowest BCUT2D eigenvalue weighted by Crippen LogP contribution is -2.14. The number of benzene rings is 3. The van der Waals surface area contributed by atoms with Gasteiger partial charge in [-0.1, -0.05) is 30.3 Å². The molecule has 1 N–H and O–H groups in total. The van der Waals surface area contributed by atoms with E-state index in [4.69, 9.17) is 4.74 Å². The fourth-order valence-electron chi connectivity index (χ4n) is 3.09. The van der Waals surface area contributed by atoms with Gasteiger partial charge in [0.2, 0.25) is 5.91 Å². The Bertz CT molecular complexity index is 1090. The van der Waals surface area contributed by atoms with Crippen LogP contribution in [0.2, 0.25) is 0 Å². The van der Waals surface area contributed by atoms with Crippen LogP contribution in [0, 0.1) is 6.92 Å². The molecule has 0 aliphatic heterocycles. The summed E-state index contributed by atoms with van der Waals surface area (Å²) in [4.78, 5) is 12.3. The third kappa shape index (κ3) is 4.04. The zero-order valence-corrected chi connectivity index (χ0v) is 15.6. The smallest absolute Gasteiger partial charge is 0.226 e. The molecule has 0 saturated carbocycles.